The molecule has 3 N–H and O–H groups in total. The van der Waals surface area contributed by atoms with Crippen molar-refractivity contribution in [3.8, 4) is 0 Å². The maximum atomic E-state index is 8.76. The second-order valence-corrected chi connectivity index (χ2v) is 3.08. The number of anilines is 1. The number of hydrogen-bond acceptors (Lipinski definition) is 3. The van der Waals surface area contributed by atoms with Gasteiger partial charge in [0.05, 0.1) is 6.61 Å². The second-order valence-electron chi connectivity index (χ2n) is 2.23. The summed E-state index contributed by atoms with van der Waals surface area (Å²) in [5, 5.41) is 8.76. The van der Waals surface area contributed by atoms with Crippen LogP contribution in [0.4, 0.5) is 5.69 Å². The average Bonchev–Trinajstić information content (AvgIpc) is 2.04. The third-order valence-corrected chi connectivity index (χ3v) is 2.29. The molecule has 3 heteroatoms. The van der Waals surface area contributed by atoms with Crippen molar-refractivity contribution in [1.29, 1.82) is 0 Å². The van der Waals surface area contributed by atoms with Gasteiger partial charge in [0.2, 0.25) is 0 Å². The van der Waals surface area contributed by atoms with Gasteiger partial charge in [-0.05, 0) is 24.0 Å². The van der Waals surface area contributed by atoms with E-state index in [9.17, 15) is 0 Å². The molecule has 0 unspecified atom stereocenters. The number of nitrogens with two attached hydrogens (primary N) is 1. The van der Waals surface area contributed by atoms with Crippen molar-refractivity contribution in [3.05, 3.63) is 23.8 Å². The zero-order valence-electron chi connectivity index (χ0n) is 6.37. The van der Waals surface area contributed by atoms with Crippen molar-refractivity contribution in [2.24, 2.45) is 0 Å². The molecular weight excluding hydrogens is 158 g/mol. The van der Waals surface area contributed by atoms with Crippen molar-refractivity contribution in [3.63, 3.8) is 0 Å². The summed E-state index contributed by atoms with van der Waals surface area (Å²) >= 11 is 1.61. The van der Waals surface area contributed by atoms with Gasteiger partial charge in [0.25, 0.3) is 0 Å². The number of hydrogen-bond donors (Lipinski definition) is 2. The van der Waals surface area contributed by atoms with Crippen LogP contribution < -0.4 is 5.73 Å². The van der Waals surface area contributed by atoms with Gasteiger partial charge in [-0.1, -0.05) is 6.07 Å². The number of rotatable bonds is 2. The number of aliphatic hydroxyl groups is 1. The minimum absolute atomic E-state index is 0.0544. The monoisotopic (exact) mass is 169 g/mol. The molecule has 0 heterocycles. The lowest BCUT2D eigenvalue weighted by molar-refractivity contribution is 0.282. The van der Waals surface area contributed by atoms with Gasteiger partial charge in [-0.25, -0.2) is 0 Å². The van der Waals surface area contributed by atoms with E-state index in [0.29, 0.717) is 0 Å². The van der Waals surface area contributed by atoms with Crippen molar-refractivity contribution in [1.82, 2.24) is 0 Å². The molecular formula is C8H11NOS. The van der Waals surface area contributed by atoms with Gasteiger partial charge in [-0.3, -0.25) is 0 Å². The van der Waals surface area contributed by atoms with Gasteiger partial charge < -0.3 is 10.8 Å². The van der Waals surface area contributed by atoms with Crippen LogP contribution in [0.3, 0.4) is 0 Å². The minimum atomic E-state index is 0.0544. The molecule has 0 radical (unpaired) electrons. The molecule has 1 aromatic rings. The van der Waals surface area contributed by atoms with Crippen LogP contribution in [-0.2, 0) is 6.61 Å². The molecule has 0 saturated heterocycles. The standard InChI is InChI=1S/C8H11NOS/c1-11-8-3-2-6(5-10)4-7(8)9/h2-4,10H,5,9H2,1H3. The summed E-state index contributed by atoms with van der Waals surface area (Å²) in [5.74, 6) is 0. The summed E-state index contributed by atoms with van der Waals surface area (Å²) in [4.78, 5) is 1.06. The molecule has 1 rings (SSSR count). The number of aliphatic hydroxyl groups excluding tert-OH is 1. The Kier molecular flexibility index (Phi) is 2.79. The van der Waals surface area contributed by atoms with Crippen molar-refractivity contribution in [2.75, 3.05) is 12.0 Å². The molecule has 1 aromatic carbocycles. The van der Waals surface area contributed by atoms with Crippen LogP contribution in [0.1, 0.15) is 5.56 Å². The van der Waals surface area contributed by atoms with E-state index < -0.39 is 0 Å². The Balaban J connectivity index is 2.99. The fourth-order valence-corrected chi connectivity index (χ4v) is 1.38. The Morgan fingerprint density at radius 2 is 2.27 bits per heavy atom. The van der Waals surface area contributed by atoms with E-state index in [2.05, 4.69) is 0 Å². The summed E-state index contributed by atoms with van der Waals surface area (Å²) in [7, 11) is 0. The third-order valence-electron chi connectivity index (χ3n) is 1.48. The third kappa shape index (κ3) is 1.88. The maximum absolute atomic E-state index is 8.76. The van der Waals surface area contributed by atoms with E-state index in [1.165, 1.54) is 0 Å². The first-order valence-corrected chi connectivity index (χ1v) is 4.53. The van der Waals surface area contributed by atoms with Crippen molar-refractivity contribution in [2.45, 2.75) is 11.5 Å². The van der Waals surface area contributed by atoms with E-state index >= 15 is 0 Å². The van der Waals surface area contributed by atoms with E-state index in [1.54, 1.807) is 17.8 Å². The van der Waals surface area contributed by atoms with Crippen LogP contribution in [0.15, 0.2) is 23.1 Å². The van der Waals surface area contributed by atoms with Gasteiger partial charge >= 0.3 is 0 Å². The number of benzene rings is 1. The molecule has 0 saturated carbocycles. The lowest BCUT2D eigenvalue weighted by Crippen LogP contribution is -1.91. The van der Waals surface area contributed by atoms with E-state index in [0.717, 1.165) is 16.1 Å². The topological polar surface area (TPSA) is 46.2 Å². The second kappa shape index (κ2) is 3.64. The van der Waals surface area contributed by atoms with E-state index in [1.807, 2.05) is 18.4 Å². The van der Waals surface area contributed by atoms with Crippen LogP contribution in [0.2, 0.25) is 0 Å². The molecule has 0 amide bonds. The Labute approximate surface area is 70.4 Å². The Hall–Kier alpha value is -0.670. The van der Waals surface area contributed by atoms with Gasteiger partial charge in [0.15, 0.2) is 0 Å². The summed E-state index contributed by atoms with van der Waals surface area (Å²) in [6, 6.07) is 5.60. The fraction of sp³-hybridized carbons (Fsp3) is 0.250. The molecule has 0 aromatic heterocycles. The van der Waals surface area contributed by atoms with Crippen molar-refractivity contribution >= 4 is 17.4 Å². The first-order valence-electron chi connectivity index (χ1n) is 3.31. The zero-order chi connectivity index (χ0) is 8.27. The van der Waals surface area contributed by atoms with E-state index in [-0.39, 0.29) is 6.61 Å². The molecule has 0 spiro atoms. The van der Waals surface area contributed by atoms with Gasteiger partial charge in [0, 0.05) is 10.6 Å². The highest BCUT2D eigenvalue weighted by molar-refractivity contribution is 7.98. The van der Waals surface area contributed by atoms with Crippen LogP contribution >= 0.6 is 11.8 Å². The first kappa shape index (κ1) is 8.43. The molecule has 2 nitrogen and oxygen atoms in total. The summed E-state index contributed by atoms with van der Waals surface area (Å²) in [6.07, 6.45) is 1.98. The highest BCUT2D eigenvalue weighted by Gasteiger charge is 1.97. The highest BCUT2D eigenvalue weighted by atomic mass is 32.2. The number of thioether (sulfide) groups is 1. The Morgan fingerprint density at radius 3 is 2.73 bits per heavy atom. The summed E-state index contributed by atoms with van der Waals surface area (Å²) in [6.45, 7) is 0.0544. The van der Waals surface area contributed by atoms with Crippen LogP contribution in [0.25, 0.3) is 0 Å². The molecule has 0 fully saturated rings. The van der Waals surface area contributed by atoms with Gasteiger partial charge in [0.1, 0.15) is 0 Å². The summed E-state index contributed by atoms with van der Waals surface area (Å²) < 4.78 is 0. The molecule has 0 aliphatic carbocycles. The zero-order valence-corrected chi connectivity index (χ0v) is 7.19. The lowest BCUT2D eigenvalue weighted by atomic mass is 10.2. The Morgan fingerprint density at radius 1 is 1.55 bits per heavy atom. The van der Waals surface area contributed by atoms with Crippen LogP contribution in [0.5, 0.6) is 0 Å². The largest absolute Gasteiger partial charge is 0.398 e. The first-order chi connectivity index (χ1) is 5.27. The highest BCUT2D eigenvalue weighted by Crippen LogP contribution is 2.23. The predicted octanol–water partition coefficient (Wildman–Crippen LogP) is 1.48. The molecule has 60 valence electrons. The van der Waals surface area contributed by atoms with Crippen LogP contribution in [0, 0.1) is 0 Å². The van der Waals surface area contributed by atoms with E-state index in [4.69, 9.17) is 10.8 Å². The average molecular weight is 169 g/mol. The van der Waals surface area contributed by atoms with Crippen LogP contribution in [-0.4, -0.2) is 11.4 Å². The normalized spacial score (nSPS) is 10.0. The van der Waals surface area contributed by atoms with Crippen molar-refractivity contribution < 1.29 is 5.11 Å². The molecule has 0 atom stereocenters. The molecule has 0 bridgehead atoms. The number of nitrogen functional groups attached to an aromatic ring is 1. The SMILES string of the molecule is CSc1ccc(CO)cc1N. The predicted molar refractivity (Wildman–Crippen MR) is 48.6 cm³/mol. The lowest BCUT2D eigenvalue weighted by Gasteiger charge is -2.03. The molecule has 0 aliphatic heterocycles. The molecule has 0 aliphatic rings. The van der Waals surface area contributed by atoms with Gasteiger partial charge in [-0.2, -0.15) is 0 Å². The smallest absolute Gasteiger partial charge is 0.0682 e. The Bertz CT molecular complexity index is 250. The quantitative estimate of drug-likeness (QED) is 0.520. The molecule has 11 heavy (non-hydrogen) atoms. The maximum Gasteiger partial charge on any atom is 0.0682 e. The fourth-order valence-electron chi connectivity index (χ4n) is 0.882. The minimum Gasteiger partial charge on any atom is -0.398 e. The summed E-state index contributed by atoms with van der Waals surface area (Å²) in [5.41, 5.74) is 7.28. The van der Waals surface area contributed by atoms with Gasteiger partial charge in [-0.15, -0.1) is 11.8 Å².